The second kappa shape index (κ2) is 7.02. The third-order valence-corrected chi connectivity index (χ3v) is 3.68. The first-order valence-electron chi connectivity index (χ1n) is 7.07. The van der Waals surface area contributed by atoms with Crippen molar-refractivity contribution in [3.63, 3.8) is 0 Å². The van der Waals surface area contributed by atoms with Gasteiger partial charge in [-0.25, -0.2) is 4.39 Å². The van der Waals surface area contributed by atoms with Gasteiger partial charge in [0.25, 0.3) is 0 Å². The van der Waals surface area contributed by atoms with Crippen LogP contribution in [0.5, 0.6) is 5.75 Å². The summed E-state index contributed by atoms with van der Waals surface area (Å²) in [6.45, 7) is 7.27. The van der Waals surface area contributed by atoms with Crippen molar-refractivity contribution >= 4 is 0 Å². The summed E-state index contributed by atoms with van der Waals surface area (Å²) in [7, 11) is 2.13. The van der Waals surface area contributed by atoms with Crippen molar-refractivity contribution in [1.29, 1.82) is 0 Å². The van der Waals surface area contributed by atoms with E-state index in [0.717, 1.165) is 32.7 Å². The molecule has 1 N–H and O–H groups in total. The summed E-state index contributed by atoms with van der Waals surface area (Å²) in [5, 5.41) is 9.64. The molecule has 20 heavy (non-hydrogen) atoms. The van der Waals surface area contributed by atoms with E-state index >= 15 is 0 Å². The minimum atomic E-state index is -0.732. The van der Waals surface area contributed by atoms with Gasteiger partial charge >= 0.3 is 0 Å². The van der Waals surface area contributed by atoms with Crippen molar-refractivity contribution in [2.75, 3.05) is 46.4 Å². The van der Waals surface area contributed by atoms with Crippen molar-refractivity contribution in [2.45, 2.75) is 13.0 Å². The van der Waals surface area contributed by atoms with E-state index in [9.17, 15) is 9.50 Å². The van der Waals surface area contributed by atoms with Crippen molar-refractivity contribution in [1.82, 2.24) is 9.80 Å². The van der Waals surface area contributed by atoms with Gasteiger partial charge in [0.1, 0.15) is 18.2 Å². The fraction of sp³-hybridized carbons (Fsp3) is 0.600. The first-order chi connectivity index (χ1) is 9.56. The molecule has 0 amide bonds. The van der Waals surface area contributed by atoms with Crippen LogP contribution in [0.25, 0.3) is 0 Å². The van der Waals surface area contributed by atoms with Gasteiger partial charge < -0.3 is 14.7 Å². The van der Waals surface area contributed by atoms with Gasteiger partial charge in [-0.3, -0.25) is 4.90 Å². The van der Waals surface area contributed by atoms with E-state index in [1.807, 2.05) is 0 Å². The van der Waals surface area contributed by atoms with Crippen LogP contribution >= 0.6 is 0 Å². The number of piperazine rings is 1. The van der Waals surface area contributed by atoms with E-state index in [2.05, 4.69) is 16.8 Å². The highest BCUT2D eigenvalue weighted by Crippen LogP contribution is 2.25. The number of hydrogen-bond donors (Lipinski definition) is 1. The molecular formula is C15H23FN2O2. The lowest BCUT2D eigenvalue weighted by Gasteiger charge is -2.32. The van der Waals surface area contributed by atoms with E-state index < -0.39 is 6.10 Å². The van der Waals surface area contributed by atoms with E-state index in [1.54, 1.807) is 13.0 Å². The monoisotopic (exact) mass is 282 g/mol. The molecule has 1 atom stereocenters. The zero-order chi connectivity index (χ0) is 14.5. The second-order valence-electron chi connectivity index (χ2n) is 5.35. The highest BCUT2D eigenvalue weighted by molar-refractivity contribution is 5.35. The zero-order valence-corrected chi connectivity index (χ0v) is 12.2. The summed E-state index contributed by atoms with van der Waals surface area (Å²) in [4.78, 5) is 4.66. The molecule has 0 saturated carbocycles. The molecule has 1 aromatic carbocycles. The molecule has 1 aromatic rings. The molecule has 1 heterocycles. The van der Waals surface area contributed by atoms with Crippen molar-refractivity contribution in [3.8, 4) is 5.75 Å². The third-order valence-electron chi connectivity index (χ3n) is 3.68. The lowest BCUT2D eigenvalue weighted by atomic mass is 10.1. The number of aliphatic hydroxyl groups excluding tert-OH is 1. The molecule has 0 aromatic heterocycles. The normalized spacial score (nSPS) is 19.0. The number of benzene rings is 1. The van der Waals surface area contributed by atoms with Gasteiger partial charge in [-0.05, 0) is 32.2 Å². The highest BCUT2D eigenvalue weighted by Gasteiger charge is 2.14. The summed E-state index contributed by atoms with van der Waals surface area (Å²) < 4.78 is 18.9. The SMILES string of the molecule is C[C@H](O)c1cc(F)ccc1OCCN1CCN(C)CC1. The first-order valence-corrected chi connectivity index (χ1v) is 7.07. The van der Waals surface area contributed by atoms with Crippen LogP contribution in [0, 0.1) is 5.82 Å². The van der Waals surface area contributed by atoms with Crippen LogP contribution in [0.4, 0.5) is 4.39 Å². The van der Waals surface area contributed by atoms with Crippen molar-refractivity contribution in [2.24, 2.45) is 0 Å². The Morgan fingerprint density at radius 1 is 1.30 bits per heavy atom. The molecule has 1 fully saturated rings. The lowest BCUT2D eigenvalue weighted by Crippen LogP contribution is -2.45. The Balaban J connectivity index is 1.85. The van der Waals surface area contributed by atoms with Crippen LogP contribution in [0.2, 0.25) is 0 Å². The Morgan fingerprint density at radius 2 is 2.00 bits per heavy atom. The van der Waals surface area contributed by atoms with Crippen LogP contribution in [-0.2, 0) is 0 Å². The quantitative estimate of drug-likeness (QED) is 0.888. The molecule has 4 nitrogen and oxygen atoms in total. The molecule has 1 saturated heterocycles. The molecule has 0 unspecified atom stereocenters. The number of likely N-dealkylation sites (N-methyl/N-ethyl adjacent to an activating group) is 1. The summed E-state index contributed by atoms with van der Waals surface area (Å²) in [6.07, 6.45) is -0.732. The fourth-order valence-corrected chi connectivity index (χ4v) is 2.33. The summed E-state index contributed by atoms with van der Waals surface area (Å²) in [6, 6.07) is 4.27. The maximum atomic E-state index is 13.2. The number of nitrogens with zero attached hydrogens (tertiary/aromatic N) is 2. The van der Waals surface area contributed by atoms with Gasteiger partial charge in [0.2, 0.25) is 0 Å². The molecule has 1 aliphatic rings. The van der Waals surface area contributed by atoms with Gasteiger partial charge in [0.05, 0.1) is 6.10 Å². The standard InChI is InChI=1S/C15H23FN2O2/c1-12(19)14-11-13(16)3-4-15(14)20-10-9-18-7-5-17(2)6-8-18/h3-4,11-12,19H,5-10H2,1-2H3/t12-/m0/s1. The van der Waals surface area contributed by atoms with Gasteiger partial charge in [-0.15, -0.1) is 0 Å². The lowest BCUT2D eigenvalue weighted by molar-refractivity contribution is 0.131. The molecule has 5 heteroatoms. The molecule has 2 rings (SSSR count). The maximum Gasteiger partial charge on any atom is 0.125 e. The molecule has 112 valence electrons. The fourth-order valence-electron chi connectivity index (χ4n) is 2.33. The highest BCUT2D eigenvalue weighted by atomic mass is 19.1. The Kier molecular flexibility index (Phi) is 5.34. The van der Waals surface area contributed by atoms with Crippen LogP contribution in [0.3, 0.4) is 0 Å². The first kappa shape index (κ1) is 15.2. The Morgan fingerprint density at radius 3 is 2.65 bits per heavy atom. The minimum Gasteiger partial charge on any atom is -0.492 e. The zero-order valence-electron chi connectivity index (χ0n) is 12.2. The average molecular weight is 282 g/mol. The molecular weight excluding hydrogens is 259 g/mol. The van der Waals surface area contributed by atoms with E-state index in [4.69, 9.17) is 4.74 Å². The van der Waals surface area contributed by atoms with E-state index in [1.165, 1.54) is 12.1 Å². The van der Waals surface area contributed by atoms with Gasteiger partial charge in [0.15, 0.2) is 0 Å². The number of rotatable bonds is 5. The predicted octanol–water partition coefficient (Wildman–Crippen LogP) is 1.51. The molecule has 0 bridgehead atoms. The molecule has 1 aliphatic heterocycles. The molecule has 0 spiro atoms. The number of hydrogen-bond acceptors (Lipinski definition) is 4. The number of aliphatic hydroxyl groups is 1. The van der Waals surface area contributed by atoms with Crippen LogP contribution < -0.4 is 4.74 Å². The maximum absolute atomic E-state index is 13.2. The van der Waals surface area contributed by atoms with Crippen LogP contribution in [0.15, 0.2) is 18.2 Å². The largest absolute Gasteiger partial charge is 0.492 e. The van der Waals surface area contributed by atoms with Gasteiger partial charge in [-0.2, -0.15) is 0 Å². The topological polar surface area (TPSA) is 35.9 Å². The Labute approximate surface area is 119 Å². The second-order valence-corrected chi connectivity index (χ2v) is 5.35. The molecule has 0 aliphatic carbocycles. The van der Waals surface area contributed by atoms with Gasteiger partial charge in [-0.1, -0.05) is 0 Å². The van der Waals surface area contributed by atoms with E-state index in [0.29, 0.717) is 17.9 Å². The number of halogens is 1. The predicted molar refractivity (Wildman–Crippen MR) is 76.5 cm³/mol. The number of ether oxygens (including phenoxy) is 1. The van der Waals surface area contributed by atoms with Crippen LogP contribution in [0.1, 0.15) is 18.6 Å². The Bertz CT molecular complexity index is 432. The van der Waals surface area contributed by atoms with E-state index in [-0.39, 0.29) is 5.82 Å². The van der Waals surface area contributed by atoms with Crippen LogP contribution in [-0.4, -0.2) is 61.3 Å². The Hall–Kier alpha value is -1.17. The smallest absolute Gasteiger partial charge is 0.125 e. The third kappa shape index (κ3) is 4.16. The summed E-state index contributed by atoms with van der Waals surface area (Å²) >= 11 is 0. The van der Waals surface area contributed by atoms with Gasteiger partial charge in [0, 0.05) is 38.3 Å². The average Bonchev–Trinajstić information content (AvgIpc) is 2.42. The summed E-state index contributed by atoms with van der Waals surface area (Å²) in [5.74, 6) is 0.211. The van der Waals surface area contributed by atoms with Crippen molar-refractivity contribution in [3.05, 3.63) is 29.6 Å². The van der Waals surface area contributed by atoms with Crippen molar-refractivity contribution < 1.29 is 14.2 Å². The molecule has 0 radical (unpaired) electrons. The minimum absolute atomic E-state index is 0.354. The summed E-state index contributed by atoms with van der Waals surface area (Å²) in [5.41, 5.74) is 0.503.